The average Bonchev–Trinajstić information content (AvgIpc) is 3.49. The Bertz CT molecular complexity index is 2490. The highest BCUT2D eigenvalue weighted by Gasteiger charge is 2.46. The summed E-state index contributed by atoms with van der Waals surface area (Å²) in [6, 6.07) is 56.9. The minimum Gasteiger partial charge on any atom is -0.491 e. The number of ether oxygens (including phenoxy) is 2. The van der Waals surface area contributed by atoms with Crippen LogP contribution >= 0.6 is 0 Å². The fourth-order valence-electron chi connectivity index (χ4n) is 8.13. The molecule has 0 heterocycles. The molecule has 0 aromatic heterocycles. The summed E-state index contributed by atoms with van der Waals surface area (Å²) in [7, 11) is 0. The number of hydrogen-bond donors (Lipinski definition) is 2. The van der Waals surface area contributed by atoms with Gasteiger partial charge in [-0.3, -0.25) is 0 Å². The van der Waals surface area contributed by atoms with Crippen molar-refractivity contribution in [2.45, 2.75) is 5.41 Å². The van der Waals surface area contributed by atoms with Crippen molar-refractivity contribution >= 4 is 32.3 Å². The Morgan fingerprint density at radius 3 is 1.65 bits per heavy atom. The predicted octanol–water partition coefficient (Wildman–Crippen LogP) is 9.92. The van der Waals surface area contributed by atoms with Crippen molar-refractivity contribution in [1.82, 2.24) is 0 Å². The summed E-state index contributed by atoms with van der Waals surface area (Å²) in [6.45, 7) is 0.469. The summed E-state index contributed by atoms with van der Waals surface area (Å²) < 4.78 is 11.5. The third-order valence-corrected chi connectivity index (χ3v) is 10.4. The summed E-state index contributed by atoms with van der Waals surface area (Å²) in [6.07, 6.45) is 0. The minimum absolute atomic E-state index is 0.0260. The molecule has 0 atom stereocenters. The van der Waals surface area contributed by atoms with Crippen LogP contribution in [-0.4, -0.2) is 36.6 Å². The zero-order chi connectivity index (χ0) is 34.4. The topological polar surface area (TPSA) is 58.9 Å². The number of hydrogen-bond acceptors (Lipinski definition) is 4. The monoisotopic (exact) mass is 664 g/mol. The smallest absolute Gasteiger partial charge is 0.120 e. The zero-order valence-electron chi connectivity index (χ0n) is 28.1. The van der Waals surface area contributed by atoms with Crippen molar-refractivity contribution in [2.24, 2.45) is 0 Å². The van der Waals surface area contributed by atoms with E-state index in [9.17, 15) is 10.2 Å². The Balaban J connectivity index is 1.32. The average molecular weight is 665 g/mol. The molecular weight excluding hydrogens is 629 g/mol. The molecule has 248 valence electrons. The maximum Gasteiger partial charge on any atom is 0.120 e. The summed E-state index contributed by atoms with van der Waals surface area (Å²) in [5.41, 5.74) is 9.10. The van der Waals surface area contributed by atoms with E-state index in [0.717, 1.165) is 33.0 Å². The van der Waals surface area contributed by atoms with Crippen LogP contribution in [0.25, 0.3) is 54.6 Å². The standard InChI is InChI=1S/C47H36O4/c48-22-24-50-39-19-14-32-26-37(17-12-34(32)28-39)47(38-18-13-35-29-40(51-25-23-49)20-15-33(35)27-38)45-11-4-3-9-43(45)44-21-16-36(30-46(44)47)42-10-5-7-31-6-1-2-8-41(31)42/h1-21,26-30,48-49H,22-25H2. The Morgan fingerprint density at radius 1 is 0.412 bits per heavy atom. The van der Waals surface area contributed by atoms with E-state index in [1.54, 1.807) is 0 Å². The number of rotatable bonds is 9. The minimum atomic E-state index is -0.618. The van der Waals surface area contributed by atoms with Crippen molar-refractivity contribution < 1.29 is 19.7 Å². The maximum atomic E-state index is 9.31. The molecule has 4 nitrogen and oxygen atoms in total. The van der Waals surface area contributed by atoms with E-state index in [2.05, 4.69) is 133 Å². The van der Waals surface area contributed by atoms with Crippen LogP contribution in [-0.2, 0) is 5.41 Å². The van der Waals surface area contributed by atoms with Crippen LogP contribution in [0, 0.1) is 0 Å². The van der Waals surface area contributed by atoms with Crippen LogP contribution in [0.1, 0.15) is 22.3 Å². The first kappa shape index (κ1) is 31.1. The molecule has 0 bridgehead atoms. The quantitative estimate of drug-likeness (QED) is 0.161. The van der Waals surface area contributed by atoms with Gasteiger partial charge in [0.2, 0.25) is 0 Å². The summed E-state index contributed by atoms with van der Waals surface area (Å²) in [5.74, 6) is 1.49. The lowest BCUT2D eigenvalue weighted by atomic mass is 9.67. The van der Waals surface area contributed by atoms with Gasteiger partial charge in [-0.25, -0.2) is 0 Å². The van der Waals surface area contributed by atoms with E-state index >= 15 is 0 Å². The first-order chi connectivity index (χ1) is 25.2. The number of benzene rings is 8. The molecule has 0 spiro atoms. The second kappa shape index (κ2) is 12.7. The first-order valence-corrected chi connectivity index (χ1v) is 17.5. The fraction of sp³-hybridized carbons (Fsp3) is 0.106. The van der Waals surface area contributed by atoms with E-state index in [-0.39, 0.29) is 26.4 Å². The van der Waals surface area contributed by atoms with Crippen molar-refractivity contribution in [2.75, 3.05) is 26.4 Å². The van der Waals surface area contributed by atoms with Crippen molar-refractivity contribution in [3.8, 4) is 33.8 Å². The van der Waals surface area contributed by atoms with Gasteiger partial charge < -0.3 is 19.7 Å². The second-order valence-corrected chi connectivity index (χ2v) is 13.2. The van der Waals surface area contributed by atoms with Gasteiger partial charge >= 0.3 is 0 Å². The molecule has 1 aliphatic carbocycles. The lowest BCUT2D eigenvalue weighted by Crippen LogP contribution is -2.28. The Kier molecular flexibility index (Phi) is 7.76. The molecule has 51 heavy (non-hydrogen) atoms. The molecule has 0 saturated heterocycles. The number of aliphatic hydroxyl groups is 2. The Morgan fingerprint density at radius 2 is 0.961 bits per heavy atom. The molecule has 1 aliphatic rings. The maximum absolute atomic E-state index is 9.31. The molecule has 0 fully saturated rings. The number of fused-ring (bicyclic) bond motifs is 6. The second-order valence-electron chi connectivity index (χ2n) is 13.2. The third kappa shape index (κ3) is 5.15. The molecule has 0 radical (unpaired) electrons. The molecule has 0 aliphatic heterocycles. The van der Waals surface area contributed by atoms with Crippen LogP contribution in [0.2, 0.25) is 0 Å². The lowest BCUT2D eigenvalue weighted by molar-refractivity contribution is 0.201. The highest BCUT2D eigenvalue weighted by atomic mass is 16.5. The molecular formula is C47H36O4. The first-order valence-electron chi connectivity index (χ1n) is 17.5. The van der Waals surface area contributed by atoms with Crippen LogP contribution < -0.4 is 9.47 Å². The van der Waals surface area contributed by atoms with Gasteiger partial charge in [-0.05, 0) is 119 Å². The van der Waals surface area contributed by atoms with Crippen LogP contribution in [0.4, 0.5) is 0 Å². The predicted molar refractivity (Wildman–Crippen MR) is 207 cm³/mol. The molecule has 4 heteroatoms. The van der Waals surface area contributed by atoms with Gasteiger partial charge in [0.05, 0.1) is 18.6 Å². The third-order valence-electron chi connectivity index (χ3n) is 10.4. The lowest BCUT2D eigenvalue weighted by Gasteiger charge is -2.34. The van der Waals surface area contributed by atoms with Crippen molar-refractivity contribution in [3.05, 3.63) is 180 Å². The largest absolute Gasteiger partial charge is 0.491 e. The van der Waals surface area contributed by atoms with Gasteiger partial charge in [0.15, 0.2) is 0 Å². The van der Waals surface area contributed by atoms with Gasteiger partial charge in [0.1, 0.15) is 24.7 Å². The van der Waals surface area contributed by atoms with Gasteiger partial charge in [-0.2, -0.15) is 0 Å². The highest BCUT2D eigenvalue weighted by Crippen LogP contribution is 2.57. The van der Waals surface area contributed by atoms with E-state index in [1.165, 1.54) is 55.3 Å². The van der Waals surface area contributed by atoms with Crippen molar-refractivity contribution in [1.29, 1.82) is 0 Å². The molecule has 8 aromatic carbocycles. The molecule has 8 aromatic rings. The van der Waals surface area contributed by atoms with Crippen LogP contribution in [0.3, 0.4) is 0 Å². The zero-order valence-corrected chi connectivity index (χ0v) is 28.1. The Labute approximate surface area is 296 Å². The molecule has 0 saturated carbocycles. The summed E-state index contributed by atoms with van der Waals surface area (Å²) in [4.78, 5) is 0. The molecule has 9 rings (SSSR count). The molecule has 0 unspecified atom stereocenters. The van der Waals surface area contributed by atoms with Gasteiger partial charge in [0.25, 0.3) is 0 Å². The molecule has 0 amide bonds. The number of aliphatic hydroxyl groups excluding tert-OH is 2. The van der Waals surface area contributed by atoms with Gasteiger partial charge in [-0.1, -0.05) is 115 Å². The normalized spacial score (nSPS) is 13.0. The Hall–Kier alpha value is -5.94. The van der Waals surface area contributed by atoms with E-state index in [0.29, 0.717) is 0 Å². The van der Waals surface area contributed by atoms with Gasteiger partial charge in [0, 0.05) is 0 Å². The SMILES string of the molecule is OCCOc1ccc2cc(C3(c4ccc5cc(OCCO)ccc5c4)c4ccccc4-c4ccc(-c5cccc6ccccc56)cc43)ccc2c1. The van der Waals surface area contributed by atoms with Crippen molar-refractivity contribution in [3.63, 3.8) is 0 Å². The van der Waals surface area contributed by atoms with Gasteiger partial charge in [-0.15, -0.1) is 0 Å². The highest BCUT2D eigenvalue weighted by molar-refractivity contribution is 5.99. The van der Waals surface area contributed by atoms with E-state index in [4.69, 9.17) is 9.47 Å². The fourth-order valence-corrected chi connectivity index (χ4v) is 8.13. The summed E-state index contributed by atoms with van der Waals surface area (Å²) >= 11 is 0. The van der Waals surface area contributed by atoms with E-state index < -0.39 is 5.41 Å². The van der Waals surface area contributed by atoms with Crippen LogP contribution in [0.5, 0.6) is 11.5 Å². The van der Waals surface area contributed by atoms with E-state index in [1.807, 2.05) is 24.3 Å². The van der Waals surface area contributed by atoms with Crippen LogP contribution in [0.15, 0.2) is 158 Å². The molecule has 2 N–H and O–H groups in total. The summed E-state index contributed by atoms with van der Waals surface area (Å²) in [5, 5.41) is 25.5.